The molecule has 1 aliphatic heterocycles. The molecule has 0 radical (unpaired) electrons. The number of hydrogen-bond donors (Lipinski definition) is 3. The van der Waals surface area contributed by atoms with Gasteiger partial charge in [0.25, 0.3) is 0 Å². The van der Waals surface area contributed by atoms with Crippen molar-refractivity contribution in [2.24, 2.45) is 11.8 Å². The minimum absolute atomic E-state index is 0.243. The van der Waals surface area contributed by atoms with Gasteiger partial charge in [0.05, 0.1) is 6.10 Å². The van der Waals surface area contributed by atoms with Crippen LogP contribution in [0.2, 0.25) is 0 Å². The molecule has 0 bridgehead atoms. The van der Waals surface area contributed by atoms with E-state index < -0.39 is 0 Å². The molecule has 7 nitrogen and oxygen atoms in total. The summed E-state index contributed by atoms with van der Waals surface area (Å²) in [6.07, 6.45) is 1.69. The third kappa shape index (κ3) is 3.56. The number of hydrazine groups is 1. The van der Waals surface area contributed by atoms with Crippen molar-refractivity contribution in [3.05, 3.63) is 11.9 Å². The quantitative estimate of drug-likeness (QED) is 0.534. The number of nitrogens with two attached hydrogens (primary N) is 1. The molecule has 1 aromatic heterocycles. The zero-order chi connectivity index (χ0) is 14.5. The lowest BCUT2D eigenvalue weighted by atomic mass is 9.92. The second-order valence-electron chi connectivity index (χ2n) is 5.17. The molecule has 7 heteroatoms. The van der Waals surface area contributed by atoms with Gasteiger partial charge in [-0.15, -0.1) is 0 Å². The van der Waals surface area contributed by atoms with E-state index in [1.54, 1.807) is 7.11 Å². The van der Waals surface area contributed by atoms with Crippen molar-refractivity contribution < 1.29 is 9.84 Å². The first kappa shape index (κ1) is 15.0. The van der Waals surface area contributed by atoms with Crippen LogP contribution in [0.3, 0.4) is 0 Å². The van der Waals surface area contributed by atoms with Gasteiger partial charge in [0.2, 0.25) is 0 Å². The van der Waals surface area contributed by atoms with Crippen LogP contribution < -0.4 is 16.2 Å². The first-order valence-corrected chi connectivity index (χ1v) is 6.90. The van der Waals surface area contributed by atoms with Gasteiger partial charge in [-0.1, -0.05) is 0 Å². The minimum Gasteiger partial charge on any atom is -0.393 e. The molecule has 1 unspecified atom stereocenters. The van der Waals surface area contributed by atoms with Gasteiger partial charge in [0.15, 0.2) is 5.82 Å². The molecular weight excluding hydrogens is 258 g/mol. The molecule has 4 N–H and O–H groups in total. The number of nitrogens with one attached hydrogen (secondary N) is 1. The van der Waals surface area contributed by atoms with Crippen molar-refractivity contribution in [1.29, 1.82) is 0 Å². The van der Waals surface area contributed by atoms with Gasteiger partial charge < -0.3 is 20.2 Å². The number of aromatic nitrogens is 2. The van der Waals surface area contributed by atoms with Gasteiger partial charge in [-0.3, -0.25) is 0 Å². The molecule has 0 saturated carbocycles. The monoisotopic (exact) mass is 281 g/mol. The number of nitrogens with zero attached hydrogens (tertiary/aromatic N) is 3. The molecule has 0 aromatic carbocycles. The Balaban J connectivity index is 2.10. The van der Waals surface area contributed by atoms with Crippen LogP contribution in [0.25, 0.3) is 0 Å². The highest BCUT2D eigenvalue weighted by Gasteiger charge is 2.23. The summed E-state index contributed by atoms with van der Waals surface area (Å²) >= 11 is 0. The molecule has 20 heavy (non-hydrogen) atoms. The van der Waals surface area contributed by atoms with Crippen molar-refractivity contribution in [1.82, 2.24) is 9.97 Å². The maximum Gasteiger partial charge on any atom is 0.158 e. The van der Waals surface area contributed by atoms with E-state index in [1.165, 1.54) is 0 Å². The average molecular weight is 281 g/mol. The molecule has 0 amide bonds. The summed E-state index contributed by atoms with van der Waals surface area (Å²) in [5, 5.41) is 9.64. The van der Waals surface area contributed by atoms with E-state index in [0.29, 0.717) is 24.2 Å². The van der Waals surface area contributed by atoms with Gasteiger partial charge in [0, 0.05) is 26.3 Å². The number of aliphatic hydroxyl groups excluding tert-OH is 1. The van der Waals surface area contributed by atoms with Crippen LogP contribution in [0.4, 0.5) is 11.6 Å². The number of ether oxygens (including phenoxy) is 1. The lowest BCUT2D eigenvalue weighted by Crippen LogP contribution is -2.37. The summed E-state index contributed by atoms with van der Waals surface area (Å²) < 4.78 is 5.07. The lowest BCUT2D eigenvalue weighted by Gasteiger charge is -2.34. The Morgan fingerprint density at radius 1 is 1.50 bits per heavy atom. The van der Waals surface area contributed by atoms with Crippen molar-refractivity contribution >= 4 is 11.6 Å². The average Bonchev–Trinajstić information content (AvgIpc) is 2.47. The predicted octanol–water partition coefficient (Wildman–Crippen LogP) is 0.506. The normalized spacial score (nSPS) is 18.1. The number of anilines is 2. The summed E-state index contributed by atoms with van der Waals surface area (Å²) in [5.41, 5.74) is 2.56. The maximum atomic E-state index is 9.64. The molecule has 1 saturated heterocycles. The van der Waals surface area contributed by atoms with E-state index in [-0.39, 0.29) is 6.10 Å². The van der Waals surface area contributed by atoms with Gasteiger partial charge in [0.1, 0.15) is 18.2 Å². The van der Waals surface area contributed by atoms with Crippen molar-refractivity contribution in [3.8, 4) is 0 Å². The van der Waals surface area contributed by atoms with Crippen LogP contribution in [0.15, 0.2) is 6.07 Å². The zero-order valence-corrected chi connectivity index (χ0v) is 12.0. The van der Waals surface area contributed by atoms with Gasteiger partial charge >= 0.3 is 0 Å². The first-order chi connectivity index (χ1) is 9.63. The van der Waals surface area contributed by atoms with Crippen LogP contribution in [-0.2, 0) is 11.3 Å². The second-order valence-corrected chi connectivity index (χ2v) is 5.17. The number of rotatable bonds is 5. The topological polar surface area (TPSA) is 96.5 Å². The van der Waals surface area contributed by atoms with Gasteiger partial charge in [-0.25, -0.2) is 15.8 Å². The number of nitrogen functional groups attached to an aromatic ring is 1. The Bertz CT molecular complexity index is 433. The summed E-state index contributed by atoms with van der Waals surface area (Å²) in [5.74, 6) is 7.86. The molecule has 1 fully saturated rings. The third-order valence-electron chi connectivity index (χ3n) is 3.73. The van der Waals surface area contributed by atoms with Crippen molar-refractivity contribution in [2.45, 2.75) is 32.5 Å². The molecule has 1 aliphatic rings. The highest BCUT2D eigenvalue weighted by Crippen LogP contribution is 2.25. The fourth-order valence-corrected chi connectivity index (χ4v) is 2.52. The third-order valence-corrected chi connectivity index (χ3v) is 3.73. The highest BCUT2D eigenvalue weighted by atomic mass is 16.5. The molecule has 112 valence electrons. The number of hydrogen-bond acceptors (Lipinski definition) is 7. The molecule has 1 atom stereocenters. The predicted molar refractivity (Wildman–Crippen MR) is 77.2 cm³/mol. The highest BCUT2D eigenvalue weighted by molar-refractivity contribution is 5.49. The maximum absolute atomic E-state index is 9.64. The summed E-state index contributed by atoms with van der Waals surface area (Å²) in [4.78, 5) is 10.9. The largest absolute Gasteiger partial charge is 0.393 e. The molecule has 2 rings (SSSR count). The van der Waals surface area contributed by atoms with E-state index >= 15 is 0 Å². The standard InChI is InChI=1S/C13H23N5O2/c1-9(19)10-3-5-18(6-4-10)13-7-11(17-14)15-12(16-13)8-20-2/h7,9-10,19H,3-6,8,14H2,1-2H3,(H,15,16,17). The fourth-order valence-electron chi connectivity index (χ4n) is 2.52. The molecule has 2 heterocycles. The molecule has 1 aromatic rings. The van der Waals surface area contributed by atoms with E-state index in [4.69, 9.17) is 10.6 Å². The van der Waals surface area contributed by atoms with Crippen molar-refractivity contribution in [2.75, 3.05) is 30.5 Å². The lowest BCUT2D eigenvalue weighted by molar-refractivity contribution is 0.109. The fraction of sp³-hybridized carbons (Fsp3) is 0.692. The first-order valence-electron chi connectivity index (χ1n) is 6.90. The van der Waals surface area contributed by atoms with E-state index in [2.05, 4.69) is 20.3 Å². The molecular formula is C13H23N5O2. The van der Waals surface area contributed by atoms with Crippen molar-refractivity contribution in [3.63, 3.8) is 0 Å². The van der Waals surface area contributed by atoms with Crippen LogP contribution in [0.5, 0.6) is 0 Å². The number of piperidine rings is 1. The molecule has 0 spiro atoms. The Morgan fingerprint density at radius 2 is 2.20 bits per heavy atom. The minimum atomic E-state index is -0.243. The number of aliphatic hydroxyl groups is 1. The zero-order valence-electron chi connectivity index (χ0n) is 12.0. The van der Waals surface area contributed by atoms with Gasteiger partial charge in [-0.2, -0.15) is 0 Å². The summed E-state index contributed by atoms with van der Waals surface area (Å²) in [6.45, 7) is 3.97. The Kier molecular flexibility index (Phi) is 5.11. The number of methoxy groups -OCH3 is 1. The summed E-state index contributed by atoms with van der Waals surface area (Å²) in [7, 11) is 1.61. The Hall–Kier alpha value is -1.44. The summed E-state index contributed by atoms with van der Waals surface area (Å²) in [6, 6.07) is 1.84. The SMILES string of the molecule is COCc1nc(NN)cc(N2CCC(C(C)O)CC2)n1. The smallest absolute Gasteiger partial charge is 0.158 e. The van der Waals surface area contributed by atoms with Crippen LogP contribution in [0.1, 0.15) is 25.6 Å². The van der Waals surface area contributed by atoms with E-state index in [1.807, 2.05) is 13.0 Å². The second kappa shape index (κ2) is 6.83. The van der Waals surface area contributed by atoms with Crippen LogP contribution in [0, 0.1) is 5.92 Å². The van der Waals surface area contributed by atoms with Crippen LogP contribution >= 0.6 is 0 Å². The van der Waals surface area contributed by atoms with Gasteiger partial charge in [-0.05, 0) is 25.7 Å². The molecule has 0 aliphatic carbocycles. The van der Waals surface area contributed by atoms with E-state index in [9.17, 15) is 5.11 Å². The Labute approximate surface area is 119 Å². The Morgan fingerprint density at radius 3 is 2.75 bits per heavy atom. The van der Waals surface area contributed by atoms with E-state index in [0.717, 1.165) is 31.7 Å². The van der Waals surface area contributed by atoms with Crippen LogP contribution in [-0.4, -0.2) is 41.4 Å².